The molecular weight excluding hydrogens is 433 g/mol. The number of alkyl halides is 3. The van der Waals surface area contributed by atoms with Crippen LogP contribution < -0.4 is 16.6 Å². The third-order valence-electron chi connectivity index (χ3n) is 5.01. The lowest BCUT2D eigenvalue weighted by Crippen LogP contribution is -2.35. The number of aryl methyl sites for hydroxylation is 1. The Kier molecular flexibility index (Phi) is 7.27. The van der Waals surface area contributed by atoms with E-state index in [-0.39, 0.29) is 28.4 Å². The molecule has 0 unspecified atom stereocenters. The summed E-state index contributed by atoms with van der Waals surface area (Å²) >= 11 is 6.21. The van der Waals surface area contributed by atoms with Gasteiger partial charge in [0.1, 0.15) is 12.4 Å². The van der Waals surface area contributed by atoms with Crippen molar-refractivity contribution in [1.82, 2.24) is 4.57 Å². The first-order valence-corrected chi connectivity index (χ1v) is 10.3. The van der Waals surface area contributed by atoms with Gasteiger partial charge in [-0.05, 0) is 37.0 Å². The number of benzene rings is 1. The van der Waals surface area contributed by atoms with Gasteiger partial charge in [0, 0.05) is 29.4 Å². The van der Waals surface area contributed by atoms with E-state index >= 15 is 0 Å². The maximum atomic E-state index is 13.4. The molecule has 1 saturated heterocycles. The molecule has 0 saturated carbocycles. The molecule has 1 aliphatic rings. The van der Waals surface area contributed by atoms with E-state index in [1.807, 2.05) is 0 Å². The minimum atomic E-state index is -4.61. The highest BCUT2D eigenvalue weighted by Crippen LogP contribution is 2.29. The molecule has 168 valence electrons. The predicted molar refractivity (Wildman–Crippen MR) is 116 cm³/mol. The minimum Gasteiger partial charge on any atom is -0.381 e. The van der Waals surface area contributed by atoms with Crippen LogP contribution in [0.25, 0.3) is 11.1 Å². The Hall–Kier alpha value is -2.52. The van der Waals surface area contributed by atoms with Crippen LogP contribution in [-0.2, 0) is 17.7 Å². The zero-order valence-corrected chi connectivity index (χ0v) is 17.8. The lowest BCUT2D eigenvalue weighted by molar-refractivity contribution is -0.140. The lowest BCUT2D eigenvalue weighted by Gasteiger charge is -2.22. The molecule has 1 aromatic carbocycles. The highest BCUT2D eigenvalue weighted by molar-refractivity contribution is 6.33. The van der Waals surface area contributed by atoms with Gasteiger partial charge in [0.05, 0.1) is 6.04 Å². The molecular formula is C21H24ClF3N4O2. The summed E-state index contributed by atoms with van der Waals surface area (Å²) in [5.41, 5.74) is 6.14. The fourth-order valence-corrected chi connectivity index (χ4v) is 3.75. The van der Waals surface area contributed by atoms with Crippen LogP contribution in [0.1, 0.15) is 25.3 Å². The Balaban J connectivity index is 2.11. The van der Waals surface area contributed by atoms with Crippen LogP contribution >= 0.6 is 11.6 Å². The molecule has 0 aliphatic carbocycles. The van der Waals surface area contributed by atoms with Crippen molar-refractivity contribution in [2.24, 2.45) is 10.7 Å². The average Bonchev–Trinajstić information content (AvgIpc) is 2.71. The molecule has 0 amide bonds. The van der Waals surface area contributed by atoms with E-state index in [1.54, 1.807) is 37.3 Å². The van der Waals surface area contributed by atoms with E-state index < -0.39 is 18.3 Å². The van der Waals surface area contributed by atoms with Gasteiger partial charge in [0.25, 0.3) is 5.56 Å². The maximum absolute atomic E-state index is 13.4. The number of rotatable bonds is 5. The minimum absolute atomic E-state index is 0.0195. The van der Waals surface area contributed by atoms with Gasteiger partial charge in [0.15, 0.2) is 5.96 Å². The van der Waals surface area contributed by atoms with Gasteiger partial charge in [-0.2, -0.15) is 13.2 Å². The number of pyridine rings is 1. The summed E-state index contributed by atoms with van der Waals surface area (Å²) in [5, 5.41) is 3.03. The van der Waals surface area contributed by atoms with Gasteiger partial charge in [-0.1, -0.05) is 36.7 Å². The topological polar surface area (TPSA) is 81.6 Å². The van der Waals surface area contributed by atoms with E-state index in [2.05, 4.69) is 10.3 Å². The fourth-order valence-electron chi connectivity index (χ4n) is 3.51. The number of hydrogen-bond acceptors (Lipinski definition) is 3. The fraction of sp³-hybridized carbons (Fsp3) is 0.429. The summed E-state index contributed by atoms with van der Waals surface area (Å²) in [5.74, 6) is -0.0589. The van der Waals surface area contributed by atoms with Gasteiger partial charge >= 0.3 is 6.18 Å². The largest absolute Gasteiger partial charge is 0.406 e. The van der Waals surface area contributed by atoms with Crippen LogP contribution in [0.15, 0.2) is 40.1 Å². The molecule has 3 N–H and O–H groups in total. The monoisotopic (exact) mass is 456 g/mol. The van der Waals surface area contributed by atoms with Crippen LogP contribution in [0.2, 0.25) is 5.02 Å². The zero-order valence-electron chi connectivity index (χ0n) is 17.0. The third kappa shape index (κ3) is 5.80. The van der Waals surface area contributed by atoms with E-state index in [0.29, 0.717) is 48.2 Å². The van der Waals surface area contributed by atoms with Gasteiger partial charge in [-0.3, -0.25) is 9.36 Å². The summed E-state index contributed by atoms with van der Waals surface area (Å²) in [7, 11) is 0. The number of aliphatic imine (C=N–C) groups is 1. The number of nitrogens with one attached hydrogen (secondary N) is 1. The lowest BCUT2D eigenvalue weighted by atomic mass is 10.0. The molecule has 1 aromatic heterocycles. The summed E-state index contributed by atoms with van der Waals surface area (Å²) in [6.45, 7) is 1.41. The van der Waals surface area contributed by atoms with Gasteiger partial charge < -0.3 is 15.8 Å². The second-order valence-electron chi connectivity index (χ2n) is 7.25. The summed E-state index contributed by atoms with van der Waals surface area (Å²) in [6.07, 6.45) is -2.91. The Labute approximate surface area is 182 Å². The van der Waals surface area contributed by atoms with E-state index in [9.17, 15) is 18.0 Å². The molecule has 2 aromatic rings. The van der Waals surface area contributed by atoms with Gasteiger partial charge in [-0.25, -0.2) is 4.99 Å². The SMILES string of the molecule is CCc1cc(-c2ccccc2Cl)c(=O)n(CC(F)(F)F)c1NC(N)=NC1CCOCC1. The number of hydrogen-bond donors (Lipinski definition) is 2. The molecule has 31 heavy (non-hydrogen) atoms. The van der Waals surface area contributed by atoms with Crippen LogP contribution in [-0.4, -0.2) is 36.0 Å². The number of nitrogens with two attached hydrogens (primary N) is 1. The highest BCUT2D eigenvalue weighted by atomic mass is 35.5. The Morgan fingerprint density at radius 3 is 2.58 bits per heavy atom. The molecule has 0 bridgehead atoms. The highest BCUT2D eigenvalue weighted by Gasteiger charge is 2.31. The van der Waals surface area contributed by atoms with Crippen LogP contribution in [0.4, 0.5) is 19.0 Å². The van der Waals surface area contributed by atoms with Crippen molar-refractivity contribution in [1.29, 1.82) is 0 Å². The van der Waals surface area contributed by atoms with Gasteiger partial charge in [0.2, 0.25) is 0 Å². The molecule has 0 atom stereocenters. The molecule has 10 heteroatoms. The summed E-state index contributed by atoms with van der Waals surface area (Å²) < 4.78 is 46.1. The van der Waals surface area contributed by atoms with Crippen molar-refractivity contribution in [3.05, 3.63) is 51.3 Å². The van der Waals surface area contributed by atoms with E-state index in [1.165, 1.54) is 0 Å². The summed E-state index contributed by atoms with van der Waals surface area (Å²) in [6, 6.07) is 8.01. The number of ether oxygens (including phenoxy) is 1. The quantitative estimate of drug-likeness (QED) is 0.522. The van der Waals surface area contributed by atoms with E-state index in [4.69, 9.17) is 22.1 Å². The Bertz CT molecular complexity index is 1010. The number of guanidine groups is 1. The normalized spacial score (nSPS) is 15.8. The average molecular weight is 457 g/mol. The smallest absolute Gasteiger partial charge is 0.381 e. The molecule has 0 radical (unpaired) electrons. The van der Waals surface area contributed by atoms with Crippen molar-refractivity contribution in [2.75, 3.05) is 18.5 Å². The van der Waals surface area contributed by atoms with Crippen LogP contribution in [0, 0.1) is 0 Å². The Morgan fingerprint density at radius 2 is 1.97 bits per heavy atom. The molecule has 0 spiro atoms. The van der Waals surface area contributed by atoms with Crippen molar-refractivity contribution in [2.45, 2.75) is 44.9 Å². The number of nitrogens with zero attached hydrogens (tertiary/aromatic N) is 2. The first-order chi connectivity index (χ1) is 14.7. The van der Waals surface area contributed by atoms with Crippen LogP contribution in [0.5, 0.6) is 0 Å². The Morgan fingerprint density at radius 1 is 1.29 bits per heavy atom. The zero-order chi connectivity index (χ0) is 22.6. The number of anilines is 1. The molecule has 3 rings (SSSR count). The number of halogens is 4. The van der Waals surface area contributed by atoms with Gasteiger partial charge in [-0.15, -0.1) is 0 Å². The molecule has 2 heterocycles. The van der Waals surface area contributed by atoms with Crippen molar-refractivity contribution in [3.8, 4) is 11.1 Å². The van der Waals surface area contributed by atoms with Crippen molar-refractivity contribution >= 4 is 23.4 Å². The van der Waals surface area contributed by atoms with Crippen LogP contribution in [0.3, 0.4) is 0 Å². The second kappa shape index (κ2) is 9.74. The van der Waals surface area contributed by atoms with E-state index in [0.717, 1.165) is 0 Å². The maximum Gasteiger partial charge on any atom is 0.406 e. The standard InChI is InChI=1S/C21H24ClF3N4O2/c1-2-13-11-16(15-5-3-4-6-17(15)22)19(30)29(12-21(23,24)25)18(13)28-20(26)27-14-7-9-31-10-8-14/h3-6,11,14H,2,7-10,12H2,1H3,(H3,26,27,28). The second-order valence-corrected chi connectivity index (χ2v) is 7.66. The first kappa shape index (κ1) is 23.1. The molecule has 1 aliphatic heterocycles. The third-order valence-corrected chi connectivity index (χ3v) is 5.34. The predicted octanol–water partition coefficient (Wildman–Crippen LogP) is 4.20. The first-order valence-electron chi connectivity index (χ1n) is 9.96. The number of aromatic nitrogens is 1. The molecule has 6 nitrogen and oxygen atoms in total. The molecule has 1 fully saturated rings. The van der Waals surface area contributed by atoms with Crippen molar-refractivity contribution < 1.29 is 17.9 Å². The van der Waals surface area contributed by atoms with Crippen molar-refractivity contribution in [3.63, 3.8) is 0 Å². The summed E-state index contributed by atoms with van der Waals surface area (Å²) in [4.78, 5) is 17.5.